The third kappa shape index (κ3) is 3.36. The molecule has 0 saturated heterocycles. The van der Waals surface area contributed by atoms with Gasteiger partial charge in [-0.05, 0) is 11.6 Å². The molecule has 5 heteroatoms. The Morgan fingerprint density at radius 3 is 2.93 bits per heavy atom. The Morgan fingerprint density at radius 1 is 1.67 bits per heavy atom. The summed E-state index contributed by atoms with van der Waals surface area (Å²) in [6.07, 6.45) is 0.0709. The molecule has 0 unspecified atom stereocenters. The average Bonchev–Trinajstić information content (AvgIpc) is 2.25. The van der Waals surface area contributed by atoms with Crippen molar-refractivity contribution < 1.29 is 14.6 Å². The van der Waals surface area contributed by atoms with Gasteiger partial charge < -0.3 is 9.84 Å². The molecular weight excluding hydrogens is 262 g/mol. The van der Waals surface area contributed by atoms with Crippen molar-refractivity contribution in [3.63, 3.8) is 0 Å². The van der Waals surface area contributed by atoms with Gasteiger partial charge in [-0.25, -0.2) is 4.79 Å². The molecule has 0 aliphatic rings. The second-order valence-corrected chi connectivity index (χ2v) is 3.31. The van der Waals surface area contributed by atoms with Gasteiger partial charge in [0.25, 0.3) is 0 Å². The summed E-state index contributed by atoms with van der Waals surface area (Å²) in [6, 6.07) is 5.38. The van der Waals surface area contributed by atoms with E-state index in [2.05, 4.69) is 20.9 Å². The van der Waals surface area contributed by atoms with Gasteiger partial charge in [0, 0.05) is 17.1 Å². The SMILES string of the molecule is COc1cc(C=NC(=O)O)ccc1CBr. The molecule has 0 radical (unpaired) electrons. The van der Waals surface area contributed by atoms with E-state index in [1.54, 1.807) is 19.2 Å². The number of ether oxygens (including phenoxy) is 1. The van der Waals surface area contributed by atoms with Crippen LogP contribution in [0.2, 0.25) is 0 Å². The molecule has 15 heavy (non-hydrogen) atoms. The zero-order valence-corrected chi connectivity index (χ0v) is 9.69. The summed E-state index contributed by atoms with van der Waals surface area (Å²) in [7, 11) is 1.57. The van der Waals surface area contributed by atoms with E-state index < -0.39 is 6.09 Å². The number of hydrogen-bond donors (Lipinski definition) is 1. The second kappa shape index (κ2) is 5.50. The molecule has 1 N–H and O–H groups in total. The Bertz CT molecular complexity index is 390. The smallest absolute Gasteiger partial charge is 0.431 e. The molecule has 80 valence electrons. The Morgan fingerprint density at radius 2 is 2.40 bits per heavy atom. The van der Waals surface area contributed by atoms with Crippen molar-refractivity contribution in [1.82, 2.24) is 0 Å². The van der Waals surface area contributed by atoms with E-state index in [9.17, 15) is 4.79 Å². The highest BCUT2D eigenvalue weighted by atomic mass is 79.9. The van der Waals surface area contributed by atoms with E-state index in [1.165, 1.54) is 6.21 Å². The minimum absolute atomic E-state index is 0.687. The minimum Gasteiger partial charge on any atom is -0.496 e. The van der Waals surface area contributed by atoms with E-state index in [1.807, 2.05) is 6.07 Å². The molecule has 0 bridgehead atoms. The molecule has 0 fully saturated rings. The summed E-state index contributed by atoms with van der Waals surface area (Å²) >= 11 is 3.33. The molecule has 1 aromatic rings. The van der Waals surface area contributed by atoms with Gasteiger partial charge in [0.2, 0.25) is 0 Å². The Balaban J connectivity index is 2.97. The Hall–Kier alpha value is -1.36. The quantitative estimate of drug-likeness (QED) is 0.679. The summed E-state index contributed by atoms with van der Waals surface area (Å²) in [4.78, 5) is 13.5. The fourth-order valence-electron chi connectivity index (χ4n) is 1.08. The highest BCUT2D eigenvalue weighted by molar-refractivity contribution is 9.08. The monoisotopic (exact) mass is 271 g/mol. The lowest BCUT2D eigenvalue weighted by molar-refractivity contribution is 0.206. The molecule has 1 amide bonds. The number of alkyl halides is 1. The molecule has 0 aliphatic carbocycles. The van der Waals surface area contributed by atoms with Crippen LogP contribution in [0, 0.1) is 0 Å². The van der Waals surface area contributed by atoms with Gasteiger partial charge in [0.05, 0.1) is 7.11 Å². The van der Waals surface area contributed by atoms with Crippen molar-refractivity contribution in [2.75, 3.05) is 7.11 Å². The number of carboxylic acid groups (broad SMARTS) is 1. The number of benzene rings is 1. The number of hydrogen-bond acceptors (Lipinski definition) is 2. The normalized spacial score (nSPS) is 10.5. The molecular formula is C10H10BrNO3. The lowest BCUT2D eigenvalue weighted by Crippen LogP contribution is -1.93. The molecule has 1 aromatic carbocycles. The predicted octanol–water partition coefficient (Wildman–Crippen LogP) is 2.69. The second-order valence-electron chi connectivity index (χ2n) is 2.75. The van der Waals surface area contributed by atoms with Crippen molar-refractivity contribution in [1.29, 1.82) is 0 Å². The summed E-state index contributed by atoms with van der Waals surface area (Å²) in [6.45, 7) is 0. The molecule has 0 atom stereocenters. The molecule has 0 heterocycles. The van der Waals surface area contributed by atoms with Crippen LogP contribution in [0.25, 0.3) is 0 Å². The van der Waals surface area contributed by atoms with Crippen LogP contribution >= 0.6 is 15.9 Å². The van der Waals surface area contributed by atoms with E-state index in [0.717, 1.165) is 5.56 Å². The number of halogens is 1. The number of carbonyl (C=O) groups is 1. The number of methoxy groups -OCH3 is 1. The topological polar surface area (TPSA) is 58.9 Å². The average molecular weight is 272 g/mol. The molecule has 1 rings (SSSR count). The maximum atomic E-state index is 10.2. The first-order chi connectivity index (χ1) is 7.17. The highest BCUT2D eigenvalue weighted by Crippen LogP contribution is 2.21. The maximum absolute atomic E-state index is 10.2. The number of amides is 1. The van der Waals surface area contributed by atoms with Crippen molar-refractivity contribution in [2.24, 2.45) is 4.99 Å². The van der Waals surface area contributed by atoms with Gasteiger partial charge >= 0.3 is 6.09 Å². The first kappa shape index (κ1) is 11.7. The van der Waals surface area contributed by atoms with E-state index in [4.69, 9.17) is 9.84 Å². The van der Waals surface area contributed by atoms with Gasteiger partial charge in [0.15, 0.2) is 0 Å². The maximum Gasteiger partial charge on any atom is 0.431 e. The third-order valence-electron chi connectivity index (χ3n) is 1.78. The summed E-state index contributed by atoms with van der Waals surface area (Å²) in [5.74, 6) is 0.709. The van der Waals surface area contributed by atoms with E-state index >= 15 is 0 Å². The molecule has 0 aromatic heterocycles. The Kier molecular flexibility index (Phi) is 4.30. The molecule has 4 nitrogen and oxygen atoms in total. The van der Waals surface area contributed by atoms with Gasteiger partial charge in [0.1, 0.15) is 5.75 Å². The van der Waals surface area contributed by atoms with Crippen LogP contribution in [-0.4, -0.2) is 24.5 Å². The fourth-order valence-corrected chi connectivity index (χ4v) is 1.54. The Labute approximate surface area is 95.7 Å². The van der Waals surface area contributed by atoms with Crippen LogP contribution in [0.1, 0.15) is 11.1 Å². The molecule has 0 aliphatic heterocycles. The van der Waals surface area contributed by atoms with E-state index in [-0.39, 0.29) is 0 Å². The van der Waals surface area contributed by atoms with Crippen LogP contribution in [-0.2, 0) is 5.33 Å². The van der Waals surface area contributed by atoms with Crippen molar-refractivity contribution in [2.45, 2.75) is 5.33 Å². The summed E-state index contributed by atoms with van der Waals surface area (Å²) < 4.78 is 5.14. The highest BCUT2D eigenvalue weighted by Gasteiger charge is 2.01. The van der Waals surface area contributed by atoms with Gasteiger partial charge in [-0.2, -0.15) is 4.99 Å². The van der Waals surface area contributed by atoms with Crippen LogP contribution in [0.3, 0.4) is 0 Å². The van der Waals surface area contributed by atoms with Gasteiger partial charge in [-0.3, -0.25) is 0 Å². The van der Waals surface area contributed by atoms with Crippen LogP contribution in [0.4, 0.5) is 4.79 Å². The van der Waals surface area contributed by atoms with E-state index in [0.29, 0.717) is 16.6 Å². The van der Waals surface area contributed by atoms with Gasteiger partial charge in [-0.15, -0.1) is 0 Å². The number of rotatable bonds is 3. The predicted molar refractivity (Wildman–Crippen MR) is 61.2 cm³/mol. The van der Waals surface area contributed by atoms with Crippen molar-refractivity contribution in [3.05, 3.63) is 29.3 Å². The van der Waals surface area contributed by atoms with Crippen LogP contribution in [0.15, 0.2) is 23.2 Å². The zero-order valence-electron chi connectivity index (χ0n) is 8.11. The number of nitrogens with zero attached hydrogens (tertiary/aromatic N) is 1. The van der Waals surface area contributed by atoms with Crippen molar-refractivity contribution >= 4 is 28.2 Å². The van der Waals surface area contributed by atoms with Gasteiger partial charge in [-0.1, -0.05) is 28.1 Å². The standard InChI is InChI=1S/C10H10BrNO3/c1-15-9-4-7(6-12-10(13)14)2-3-8(9)5-11/h2-4,6H,5H2,1H3,(H,13,14). The molecule has 0 saturated carbocycles. The van der Waals surface area contributed by atoms with Crippen molar-refractivity contribution in [3.8, 4) is 5.75 Å². The lowest BCUT2D eigenvalue weighted by atomic mass is 10.1. The summed E-state index contributed by atoms with van der Waals surface area (Å²) in [5, 5.41) is 9.05. The number of aliphatic imine (C=N–C) groups is 1. The molecule has 0 spiro atoms. The summed E-state index contributed by atoms with van der Waals surface area (Å²) in [5.41, 5.74) is 1.70. The first-order valence-electron chi connectivity index (χ1n) is 4.17. The van der Waals surface area contributed by atoms with Crippen LogP contribution in [0.5, 0.6) is 5.75 Å². The lowest BCUT2D eigenvalue weighted by Gasteiger charge is -2.06. The fraction of sp³-hybridized carbons (Fsp3) is 0.200. The third-order valence-corrected chi connectivity index (χ3v) is 2.38. The zero-order chi connectivity index (χ0) is 11.3. The largest absolute Gasteiger partial charge is 0.496 e. The first-order valence-corrected chi connectivity index (χ1v) is 5.29. The van der Waals surface area contributed by atoms with Crippen LogP contribution < -0.4 is 4.74 Å². The minimum atomic E-state index is -1.21.